The van der Waals surface area contributed by atoms with E-state index in [1.54, 1.807) is 4.90 Å². The summed E-state index contributed by atoms with van der Waals surface area (Å²) in [6, 6.07) is 9.29. The van der Waals surface area contributed by atoms with Crippen LogP contribution in [0.15, 0.2) is 30.3 Å². The maximum absolute atomic E-state index is 11.1. The fourth-order valence-corrected chi connectivity index (χ4v) is 2.40. The smallest absolute Gasteiger partial charge is 0.314 e. The van der Waals surface area contributed by atoms with E-state index in [1.165, 1.54) is 0 Å². The Hall–Kier alpha value is -1.59. The van der Waals surface area contributed by atoms with Gasteiger partial charge >= 0.3 is 6.03 Å². The van der Waals surface area contributed by atoms with Crippen LogP contribution in [0.5, 0.6) is 0 Å². The average Bonchev–Trinajstić information content (AvgIpc) is 2.65. The fraction of sp³-hybridized carbons (Fsp3) is 0.500. The van der Waals surface area contributed by atoms with Crippen LogP contribution in [0.25, 0.3) is 0 Å². The van der Waals surface area contributed by atoms with Gasteiger partial charge in [-0.1, -0.05) is 30.3 Å². The summed E-state index contributed by atoms with van der Waals surface area (Å²) in [6.07, 6.45) is 0.408. The molecule has 1 aliphatic rings. The second-order valence-electron chi connectivity index (χ2n) is 4.91. The molecule has 0 radical (unpaired) electrons. The number of benzene rings is 1. The van der Waals surface area contributed by atoms with Crippen molar-refractivity contribution in [1.82, 2.24) is 9.80 Å². The zero-order valence-electron chi connectivity index (χ0n) is 11.0. The highest BCUT2D eigenvalue weighted by Crippen LogP contribution is 2.14. The Balaban J connectivity index is 1.88. The Labute approximate surface area is 113 Å². The number of aliphatic hydroxyl groups is 1. The number of rotatable bonds is 3. The summed E-state index contributed by atoms with van der Waals surface area (Å²) in [6.45, 7) is 3.57. The normalized spacial score (nSPS) is 18.9. The van der Waals surface area contributed by atoms with Crippen LogP contribution >= 0.6 is 0 Å². The zero-order valence-corrected chi connectivity index (χ0v) is 11.0. The first-order valence-corrected chi connectivity index (χ1v) is 6.66. The maximum Gasteiger partial charge on any atom is 0.314 e. The summed E-state index contributed by atoms with van der Waals surface area (Å²) < 4.78 is 0. The van der Waals surface area contributed by atoms with Gasteiger partial charge < -0.3 is 15.7 Å². The molecule has 1 unspecified atom stereocenters. The van der Waals surface area contributed by atoms with Crippen molar-refractivity contribution in [2.75, 3.05) is 32.7 Å². The molecule has 1 aliphatic heterocycles. The van der Waals surface area contributed by atoms with Crippen LogP contribution in [-0.4, -0.2) is 53.7 Å². The third-order valence-corrected chi connectivity index (χ3v) is 3.52. The minimum absolute atomic E-state index is 0.356. The lowest BCUT2D eigenvalue weighted by molar-refractivity contribution is 0.115. The van der Waals surface area contributed by atoms with Gasteiger partial charge in [0.1, 0.15) is 0 Å². The van der Waals surface area contributed by atoms with Crippen molar-refractivity contribution in [3.63, 3.8) is 0 Å². The molecule has 3 N–H and O–H groups in total. The molecule has 2 amide bonds. The lowest BCUT2D eigenvalue weighted by Crippen LogP contribution is -2.39. The molecule has 0 aliphatic carbocycles. The van der Waals surface area contributed by atoms with Gasteiger partial charge in [0.05, 0.1) is 6.10 Å². The Morgan fingerprint density at radius 1 is 1.21 bits per heavy atom. The molecule has 1 heterocycles. The van der Waals surface area contributed by atoms with E-state index < -0.39 is 6.10 Å². The van der Waals surface area contributed by atoms with Gasteiger partial charge in [-0.2, -0.15) is 0 Å². The molecular weight excluding hydrogens is 242 g/mol. The average molecular weight is 263 g/mol. The number of β-amino-alcohol motifs (C(OH)–C–C–N with tert-alkyl or cyclic N) is 1. The van der Waals surface area contributed by atoms with E-state index in [0.717, 1.165) is 25.1 Å². The summed E-state index contributed by atoms with van der Waals surface area (Å²) in [4.78, 5) is 15.0. The zero-order chi connectivity index (χ0) is 13.7. The predicted molar refractivity (Wildman–Crippen MR) is 73.6 cm³/mol. The maximum atomic E-state index is 11.1. The van der Waals surface area contributed by atoms with Crippen LogP contribution in [0.2, 0.25) is 0 Å². The van der Waals surface area contributed by atoms with Crippen LogP contribution in [0.4, 0.5) is 4.79 Å². The second kappa shape index (κ2) is 6.54. The Morgan fingerprint density at radius 2 is 1.95 bits per heavy atom. The molecule has 104 valence electrons. The molecule has 1 fully saturated rings. The van der Waals surface area contributed by atoms with Crippen LogP contribution < -0.4 is 5.73 Å². The summed E-state index contributed by atoms with van der Waals surface area (Å²) in [7, 11) is 0. The van der Waals surface area contributed by atoms with Gasteiger partial charge in [0, 0.05) is 32.7 Å². The van der Waals surface area contributed by atoms with Crippen molar-refractivity contribution in [2.45, 2.75) is 12.5 Å². The van der Waals surface area contributed by atoms with Crippen molar-refractivity contribution in [1.29, 1.82) is 0 Å². The van der Waals surface area contributed by atoms with Gasteiger partial charge in [0.2, 0.25) is 0 Å². The number of carbonyl (C=O) groups is 1. The summed E-state index contributed by atoms with van der Waals surface area (Å²) in [5, 5.41) is 10.2. The van der Waals surface area contributed by atoms with Gasteiger partial charge in [-0.15, -0.1) is 0 Å². The number of urea groups is 1. The third-order valence-electron chi connectivity index (χ3n) is 3.52. The number of carbonyl (C=O) groups excluding carboxylic acids is 1. The van der Waals surface area contributed by atoms with E-state index in [1.807, 2.05) is 30.3 Å². The van der Waals surface area contributed by atoms with E-state index in [4.69, 9.17) is 5.73 Å². The number of amides is 2. The molecule has 1 aromatic carbocycles. The Kier molecular flexibility index (Phi) is 4.76. The molecular formula is C14H21N3O2. The summed E-state index contributed by atoms with van der Waals surface area (Å²) in [5.41, 5.74) is 6.22. The molecule has 0 aromatic heterocycles. The fourth-order valence-electron chi connectivity index (χ4n) is 2.40. The molecule has 0 saturated carbocycles. The number of hydrogen-bond donors (Lipinski definition) is 2. The van der Waals surface area contributed by atoms with Gasteiger partial charge in [-0.3, -0.25) is 4.90 Å². The van der Waals surface area contributed by atoms with Gasteiger partial charge in [0.25, 0.3) is 0 Å². The molecule has 1 saturated heterocycles. The predicted octanol–water partition coefficient (Wildman–Crippen LogP) is 0.806. The van der Waals surface area contributed by atoms with Gasteiger partial charge in [-0.25, -0.2) is 4.79 Å². The second-order valence-corrected chi connectivity index (χ2v) is 4.91. The van der Waals surface area contributed by atoms with Crippen LogP contribution in [0, 0.1) is 0 Å². The van der Waals surface area contributed by atoms with Crippen molar-refractivity contribution in [3.05, 3.63) is 35.9 Å². The van der Waals surface area contributed by atoms with Crippen LogP contribution in [0.1, 0.15) is 18.1 Å². The highest BCUT2D eigenvalue weighted by Gasteiger charge is 2.19. The number of primary amides is 1. The summed E-state index contributed by atoms with van der Waals surface area (Å²) in [5.74, 6) is 0. The lowest BCUT2D eigenvalue weighted by Gasteiger charge is -2.23. The highest BCUT2D eigenvalue weighted by atomic mass is 16.3. The van der Waals surface area contributed by atoms with E-state index in [-0.39, 0.29) is 6.03 Å². The first kappa shape index (κ1) is 13.8. The standard InChI is InChI=1S/C14H21N3O2/c15-14(19)17-8-4-7-16(9-10-17)11-13(18)12-5-2-1-3-6-12/h1-3,5-6,13,18H,4,7-11H2,(H2,15,19). The van der Waals surface area contributed by atoms with Crippen molar-refractivity contribution in [2.24, 2.45) is 5.73 Å². The molecule has 19 heavy (non-hydrogen) atoms. The number of nitrogens with zero attached hydrogens (tertiary/aromatic N) is 2. The Bertz CT molecular complexity index is 410. The minimum atomic E-state index is -0.485. The summed E-state index contributed by atoms with van der Waals surface area (Å²) >= 11 is 0. The number of hydrogen-bond acceptors (Lipinski definition) is 3. The first-order valence-electron chi connectivity index (χ1n) is 6.66. The van der Waals surface area contributed by atoms with E-state index >= 15 is 0 Å². The molecule has 5 nitrogen and oxygen atoms in total. The third kappa shape index (κ3) is 3.94. The van der Waals surface area contributed by atoms with E-state index in [2.05, 4.69) is 4.90 Å². The molecule has 5 heteroatoms. The monoisotopic (exact) mass is 263 g/mol. The Morgan fingerprint density at radius 3 is 2.63 bits per heavy atom. The van der Waals surface area contributed by atoms with Crippen molar-refractivity contribution in [3.8, 4) is 0 Å². The van der Waals surface area contributed by atoms with Crippen LogP contribution in [-0.2, 0) is 0 Å². The van der Waals surface area contributed by atoms with Gasteiger partial charge in [0.15, 0.2) is 0 Å². The largest absolute Gasteiger partial charge is 0.387 e. The SMILES string of the molecule is NC(=O)N1CCCN(CC(O)c2ccccc2)CC1. The molecule has 0 bridgehead atoms. The topological polar surface area (TPSA) is 69.8 Å². The molecule has 1 atom stereocenters. The molecule has 1 aromatic rings. The lowest BCUT2D eigenvalue weighted by atomic mass is 10.1. The van der Waals surface area contributed by atoms with E-state index in [9.17, 15) is 9.90 Å². The van der Waals surface area contributed by atoms with Crippen molar-refractivity contribution < 1.29 is 9.90 Å². The molecule has 0 spiro atoms. The highest BCUT2D eigenvalue weighted by molar-refractivity contribution is 5.71. The van der Waals surface area contributed by atoms with Crippen molar-refractivity contribution >= 4 is 6.03 Å². The minimum Gasteiger partial charge on any atom is -0.387 e. The number of aliphatic hydroxyl groups excluding tert-OH is 1. The van der Waals surface area contributed by atoms with E-state index in [0.29, 0.717) is 19.6 Å². The molecule has 2 rings (SSSR count). The first-order chi connectivity index (χ1) is 9.16. The quantitative estimate of drug-likeness (QED) is 0.847. The van der Waals surface area contributed by atoms with Gasteiger partial charge in [-0.05, 0) is 12.0 Å². The number of nitrogens with two attached hydrogens (primary N) is 1. The van der Waals surface area contributed by atoms with Crippen LogP contribution in [0.3, 0.4) is 0 Å².